The van der Waals surface area contributed by atoms with Crippen LogP contribution in [0.2, 0.25) is 0 Å². The Bertz CT molecular complexity index is 446. The Labute approximate surface area is 113 Å². The molecule has 1 aliphatic heterocycles. The van der Waals surface area contributed by atoms with Crippen molar-refractivity contribution >= 4 is 11.6 Å². The zero-order valence-electron chi connectivity index (χ0n) is 10.7. The predicted octanol–water partition coefficient (Wildman–Crippen LogP) is 3.64. The van der Waals surface area contributed by atoms with Gasteiger partial charge in [0.05, 0.1) is 12.7 Å². The largest absolute Gasteiger partial charge is 0.497 e. The Morgan fingerprint density at radius 3 is 3.11 bits per heavy atom. The van der Waals surface area contributed by atoms with Crippen LogP contribution in [-0.2, 0) is 16.8 Å². The molecule has 1 spiro atoms. The summed E-state index contributed by atoms with van der Waals surface area (Å²) in [6.07, 6.45) is 5.28. The van der Waals surface area contributed by atoms with Crippen LogP contribution in [0.25, 0.3) is 0 Å². The first kappa shape index (κ1) is 12.3. The minimum Gasteiger partial charge on any atom is -0.497 e. The van der Waals surface area contributed by atoms with Crippen molar-refractivity contribution < 1.29 is 9.47 Å². The van der Waals surface area contributed by atoms with Crippen LogP contribution in [-0.4, -0.2) is 19.1 Å². The maximum absolute atomic E-state index is 6.36. The predicted molar refractivity (Wildman–Crippen MR) is 72.4 cm³/mol. The molecular weight excluding hydrogens is 248 g/mol. The highest BCUT2D eigenvalue weighted by Crippen LogP contribution is 2.46. The van der Waals surface area contributed by atoms with Gasteiger partial charge in [0.1, 0.15) is 5.75 Å². The Morgan fingerprint density at radius 2 is 2.33 bits per heavy atom. The van der Waals surface area contributed by atoms with Crippen LogP contribution >= 0.6 is 11.6 Å². The van der Waals surface area contributed by atoms with Gasteiger partial charge in [-0.3, -0.25) is 0 Å². The first-order valence-corrected chi connectivity index (χ1v) is 7.13. The summed E-state index contributed by atoms with van der Waals surface area (Å²) in [4.78, 5) is 0. The molecule has 1 aromatic carbocycles. The summed E-state index contributed by atoms with van der Waals surface area (Å²) >= 11 is 6.36. The molecule has 0 bridgehead atoms. The van der Waals surface area contributed by atoms with Crippen molar-refractivity contribution in [3.05, 3.63) is 29.3 Å². The minimum atomic E-state index is -0.134. The molecule has 2 atom stereocenters. The molecule has 0 radical (unpaired) electrons. The van der Waals surface area contributed by atoms with E-state index in [1.54, 1.807) is 7.11 Å². The van der Waals surface area contributed by atoms with E-state index in [1.807, 2.05) is 6.07 Å². The molecule has 18 heavy (non-hydrogen) atoms. The number of halogens is 1. The van der Waals surface area contributed by atoms with Gasteiger partial charge in [0.2, 0.25) is 0 Å². The fraction of sp³-hybridized carbons (Fsp3) is 0.600. The van der Waals surface area contributed by atoms with E-state index in [2.05, 4.69) is 12.1 Å². The van der Waals surface area contributed by atoms with E-state index in [9.17, 15) is 0 Å². The van der Waals surface area contributed by atoms with Gasteiger partial charge >= 0.3 is 0 Å². The highest BCUT2D eigenvalue weighted by atomic mass is 35.5. The quantitative estimate of drug-likeness (QED) is 0.723. The number of ether oxygens (including phenoxy) is 2. The monoisotopic (exact) mass is 266 g/mol. The van der Waals surface area contributed by atoms with Crippen LogP contribution < -0.4 is 4.74 Å². The molecule has 1 aromatic rings. The van der Waals surface area contributed by atoms with Gasteiger partial charge in [-0.05, 0) is 55.4 Å². The smallest absolute Gasteiger partial charge is 0.119 e. The maximum Gasteiger partial charge on any atom is 0.119 e. The van der Waals surface area contributed by atoms with Crippen molar-refractivity contribution in [2.24, 2.45) is 0 Å². The standard InChI is InChI=1S/C15H19ClO2/c1-17-13-4-5-14-11(9-13)3-2-7-15(14)10-12(16)6-8-18-15/h4-5,9,12H,2-3,6-8,10H2,1H3. The molecular formula is C15H19ClO2. The normalized spacial score (nSPS) is 31.1. The Morgan fingerprint density at radius 1 is 1.44 bits per heavy atom. The van der Waals surface area contributed by atoms with E-state index >= 15 is 0 Å². The van der Waals surface area contributed by atoms with Gasteiger partial charge in [0.25, 0.3) is 0 Å². The fourth-order valence-electron chi connectivity index (χ4n) is 3.31. The summed E-state index contributed by atoms with van der Waals surface area (Å²) in [6, 6.07) is 6.35. The Kier molecular flexibility index (Phi) is 3.25. The zero-order chi connectivity index (χ0) is 12.6. The molecule has 3 rings (SSSR count). The number of alkyl halides is 1. The lowest BCUT2D eigenvalue weighted by Gasteiger charge is -2.43. The van der Waals surface area contributed by atoms with E-state index in [1.165, 1.54) is 17.5 Å². The lowest BCUT2D eigenvalue weighted by atomic mass is 9.75. The number of hydrogen-bond acceptors (Lipinski definition) is 2. The van der Waals surface area contributed by atoms with Crippen LogP contribution in [0.15, 0.2) is 18.2 Å². The van der Waals surface area contributed by atoms with Crippen molar-refractivity contribution in [2.45, 2.75) is 43.1 Å². The molecule has 0 amide bonds. The minimum absolute atomic E-state index is 0.134. The highest BCUT2D eigenvalue weighted by Gasteiger charge is 2.41. The molecule has 1 heterocycles. The van der Waals surface area contributed by atoms with Crippen molar-refractivity contribution in [2.75, 3.05) is 13.7 Å². The second-order valence-electron chi connectivity index (χ2n) is 5.31. The Balaban J connectivity index is 2.00. The van der Waals surface area contributed by atoms with E-state index in [0.717, 1.165) is 38.0 Å². The van der Waals surface area contributed by atoms with Gasteiger partial charge in [0, 0.05) is 12.0 Å². The lowest BCUT2D eigenvalue weighted by molar-refractivity contribution is -0.0928. The fourth-order valence-corrected chi connectivity index (χ4v) is 3.65. The van der Waals surface area contributed by atoms with Crippen molar-refractivity contribution in [1.29, 1.82) is 0 Å². The summed E-state index contributed by atoms with van der Waals surface area (Å²) in [5.74, 6) is 0.934. The van der Waals surface area contributed by atoms with Crippen LogP contribution in [0.4, 0.5) is 0 Å². The number of benzene rings is 1. The van der Waals surface area contributed by atoms with Crippen LogP contribution in [0.1, 0.15) is 36.8 Å². The van der Waals surface area contributed by atoms with Crippen molar-refractivity contribution in [3.63, 3.8) is 0 Å². The van der Waals surface area contributed by atoms with E-state index < -0.39 is 0 Å². The first-order valence-electron chi connectivity index (χ1n) is 6.69. The van der Waals surface area contributed by atoms with Crippen LogP contribution in [0, 0.1) is 0 Å². The number of hydrogen-bond donors (Lipinski definition) is 0. The summed E-state index contributed by atoms with van der Waals surface area (Å²) < 4.78 is 11.5. The van der Waals surface area contributed by atoms with Crippen molar-refractivity contribution in [3.8, 4) is 5.75 Å². The zero-order valence-corrected chi connectivity index (χ0v) is 11.5. The van der Waals surface area contributed by atoms with Gasteiger partial charge < -0.3 is 9.47 Å². The molecule has 0 N–H and O–H groups in total. The molecule has 2 unspecified atom stereocenters. The summed E-state index contributed by atoms with van der Waals surface area (Å²) in [5, 5.41) is 0.242. The number of aryl methyl sites for hydroxylation is 1. The Hall–Kier alpha value is -0.730. The van der Waals surface area contributed by atoms with Crippen LogP contribution in [0.5, 0.6) is 5.75 Å². The summed E-state index contributed by atoms with van der Waals surface area (Å²) in [5.41, 5.74) is 2.57. The molecule has 1 aliphatic carbocycles. The number of methoxy groups -OCH3 is 1. The molecule has 0 saturated carbocycles. The van der Waals surface area contributed by atoms with Gasteiger partial charge in [0.15, 0.2) is 0 Å². The molecule has 2 aliphatic rings. The average molecular weight is 267 g/mol. The molecule has 98 valence electrons. The summed E-state index contributed by atoms with van der Waals surface area (Å²) in [6.45, 7) is 0.777. The second kappa shape index (κ2) is 4.75. The molecule has 0 aromatic heterocycles. The third-order valence-electron chi connectivity index (χ3n) is 4.19. The van der Waals surface area contributed by atoms with Crippen LogP contribution in [0.3, 0.4) is 0 Å². The maximum atomic E-state index is 6.36. The van der Waals surface area contributed by atoms with Gasteiger partial charge in [-0.1, -0.05) is 6.07 Å². The second-order valence-corrected chi connectivity index (χ2v) is 5.93. The average Bonchev–Trinajstić information content (AvgIpc) is 2.38. The van der Waals surface area contributed by atoms with Gasteiger partial charge in [-0.25, -0.2) is 0 Å². The van der Waals surface area contributed by atoms with Gasteiger partial charge in [-0.2, -0.15) is 0 Å². The van der Waals surface area contributed by atoms with E-state index in [4.69, 9.17) is 21.1 Å². The molecule has 1 saturated heterocycles. The lowest BCUT2D eigenvalue weighted by Crippen LogP contribution is -2.40. The highest BCUT2D eigenvalue weighted by molar-refractivity contribution is 6.20. The first-order chi connectivity index (χ1) is 8.73. The number of fused-ring (bicyclic) bond motifs is 2. The topological polar surface area (TPSA) is 18.5 Å². The summed E-state index contributed by atoms with van der Waals surface area (Å²) in [7, 11) is 1.71. The molecule has 2 nitrogen and oxygen atoms in total. The number of rotatable bonds is 1. The molecule has 3 heteroatoms. The van der Waals surface area contributed by atoms with Gasteiger partial charge in [-0.15, -0.1) is 11.6 Å². The third-order valence-corrected chi connectivity index (χ3v) is 4.56. The van der Waals surface area contributed by atoms with Crippen molar-refractivity contribution in [1.82, 2.24) is 0 Å². The molecule has 1 fully saturated rings. The SMILES string of the molecule is COc1ccc2c(c1)CCCC21CC(Cl)CCO1. The van der Waals surface area contributed by atoms with E-state index in [-0.39, 0.29) is 11.0 Å². The third kappa shape index (κ3) is 2.02. The van der Waals surface area contributed by atoms with E-state index in [0.29, 0.717) is 0 Å².